The van der Waals surface area contributed by atoms with Gasteiger partial charge < -0.3 is 10.4 Å². The lowest BCUT2D eigenvalue weighted by molar-refractivity contribution is 0.112. The number of benzene rings is 1. The van der Waals surface area contributed by atoms with E-state index in [1.165, 1.54) is 0 Å². The average molecular weight is 290 g/mol. The van der Waals surface area contributed by atoms with Crippen LogP contribution in [0.1, 0.15) is 28.8 Å². The van der Waals surface area contributed by atoms with Crippen molar-refractivity contribution in [1.82, 2.24) is 5.32 Å². The van der Waals surface area contributed by atoms with Crippen molar-refractivity contribution in [2.24, 2.45) is 0 Å². The molecule has 0 spiro atoms. The molecule has 6 heteroatoms. The number of carbonyl (C=O) groups excluding carboxylic acids is 1. The standard InChI is InChI=1S/C12H13Cl2NO3/c13-10-6-9(7-16)11(14)5-8(10)3-1-2-4-15-12(17)18/h5-7,15H,1-4H2,(H,17,18). The van der Waals surface area contributed by atoms with Crippen LogP contribution in [0.2, 0.25) is 10.0 Å². The molecule has 18 heavy (non-hydrogen) atoms. The zero-order chi connectivity index (χ0) is 13.5. The molecule has 0 unspecified atom stereocenters. The summed E-state index contributed by atoms with van der Waals surface area (Å²) < 4.78 is 0. The minimum absolute atomic E-state index is 0.373. The van der Waals surface area contributed by atoms with Crippen LogP contribution in [-0.2, 0) is 6.42 Å². The fourth-order valence-corrected chi connectivity index (χ4v) is 2.02. The van der Waals surface area contributed by atoms with Gasteiger partial charge in [0.25, 0.3) is 0 Å². The van der Waals surface area contributed by atoms with E-state index in [1.54, 1.807) is 12.1 Å². The molecule has 2 N–H and O–H groups in total. The van der Waals surface area contributed by atoms with Crippen molar-refractivity contribution in [3.8, 4) is 0 Å². The summed E-state index contributed by atoms with van der Waals surface area (Å²) in [5.41, 5.74) is 1.24. The van der Waals surface area contributed by atoms with Gasteiger partial charge in [0.05, 0.1) is 5.02 Å². The Morgan fingerprint density at radius 1 is 1.28 bits per heavy atom. The Labute approximate surface area is 115 Å². The van der Waals surface area contributed by atoms with Gasteiger partial charge in [-0.25, -0.2) is 4.79 Å². The lowest BCUT2D eigenvalue weighted by atomic mass is 10.1. The summed E-state index contributed by atoms with van der Waals surface area (Å²) in [6.07, 6.45) is 1.84. The highest BCUT2D eigenvalue weighted by Gasteiger charge is 2.06. The molecule has 1 amide bonds. The monoisotopic (exact) mass is 289 g/mol. The van der Waals surface area contributed by atoms with Crippen LogP contribution >= 0.6 is 23.2 Å². The van der Waals surface area contributed by atoms with Crippen molar-refractivity contribution < 1.29 is 14.7 Å². The Bertz CT molecular complexity index is 449. The maximum absolute atomic E-state index is 10.6. The molecule has 0 fully saturated rings. The van der Waals surface area contributed by atoms with Gasteiger partial charge in [0.15, 0.2) is 6.29 Å². The summed E-state index contributed by atoms with van der Waals surface area (Å²) >= 11 is 11.9. The summed E-state index contributed by atoms with van der Waals surface area (Å²) in [6.45, 7) is 0.410. The van der Waals surface area contributed by atoms with E-state index in [1.807, 2.05) is 0 Å². The highest BCUT2D eigenvalue weighted by atomic mass is 35.5. The molecule has 0 saturated heterocycles. The number of nitrogens with one attached hydrogen (secondary N) is 1. The Morgan fingerprint density at radius 3 is 2.61 bits per heavy atom. The van der Waals surface area contributed by atoms with E-state index in [4.69, 9.17) is 28.3 Å². The average Bonchev–Trinajstić information content (AvgIpc) is 2.32. The summed E-state index contributed by atoms with van der Waals surface area (Å²) in [7, 11) is 0. The van der Waals surface area contributed by atoms with Gasteiger partial charge in [-0.3, -0.25) is 4.79 Å². The van der Waals surface area contributed by atoms with Crippen LogP contribution in [0.5, 0.6) is 0 Å². The summed E-state index contributed by atoms with van der Waals surface area (Å²) in [4.78, 5) is 20.9. The number of aldehydes is 1. The van der Waals surface area contributed by atoms with Crippen molar-refractivity contribution in [1.29, 1.82) is 0 Å². The van der Waals surface area contributed by atoms with Gasteiger partial charge in [-0.05, 0) is 37.0 Å². The Kier molecular flexibility index (Phi) is 5.95. The highest BCUT2D eigenvalue weighted by molar-refractivity contribution is 6.35. The molecule has 0 aromatic heterocycles. The number of halogens is 2. The topological polar surface area (TPSA) is 66.4 Å². The number of rotatable bonds is 6. The number of unbranched alkanes of at least 4 members (excludes halogenated alkanes) is 1. The minimum atomic E-state index is -1.02. The quantitative estimate of drug-likeness (QED) is 0.623. The lowest BCUT2D eigenvalue weighted by Crippen LogP contribution is -2.21. The third-order valence-electron chi connectivity index (χ3n) is 2.44. The molecular formula is C12H13Cl2NO3. The number of hydrogen-bond acceptors (Lipinski definition) is 2. The second kappa shape index (κ2) is 7.24. The first-order valence-electron chi connectivity index (χ1n) is 5.44. The number of carboxylic acid groups (broad SMARTS) is 1. The Balaban J connectivity index is 2.50. The third kappa shape index (κ3) is 4.55. The molecule has 0 aliphatic rings. The molecule has 0 heterocycles. The largest absolute Gasteiger partial charge is 0.465 e. The molecule has 0 aliphatic heterocycles. The zero-order valence-corrected chi connectivity index (χ0v) is 11.1. The van der Waals surface area contributed by atoms with Gasteiger partial charge in [0, 0.05) is 17.1 Å². The van der Waals surface area contributed by atoms with Crippen LogP contribution in [0, 0.1) is 0 Å². The molecule has 0 saturated carbocycles. The van der Waals surface area contributed by atoms with E-state index in [-0.39, 0.29) is 0 Å². The predicted molar refractivity (Wildman–Crippen MR) is 70.8 cm³/mol. The molecule has 98 valence electrons. The SMILES string of the molecule is O=Cc1cc(Cl)c(CCCCNC(=O)O)cc1Cl. The minimum Gasteiger partial charge on any atom is -0.465 e. The van der Waals surface area contributed by atoms with E-state index in [2.05, 4.69) is 5.32 Å². The van der Waals surface area contributed by atoms with E-state index < -0.39 is 6.09 Å². The first kappa shape index (κ1) is 14.8. The van der Waals surface area contributed by atoms with Gasteiger partial charge in [-0.2, -0.15) is 0 Å². The maximum atomic E-state index is 10.6. The molecule has 0 aliphatic carbocycles. The Morgan fingerprint density at radius 2 is 2.00 bits per heavy atom. The van der Waals surface area contributed by atoms with E-state index in [0.717, 1.165) is 18.4 Å². The van der Waals surface area contributed by atoms with Crippen molar-refractivity contribution >= 4 is 35.6 Å². The number of hydrogen-bond donors (Lipinski definition) is 2. The number of aryl methyl sites for hydroxylation is 1. The van der Waals surface area contributed by atoms with Crippen molar-refractivity contribution in [2.45, 2.75) is 19.3 Å². The van der Waals surface area contributed by atoms with Crippen LogP contribution in [0.25, 0.3) is 0 Å². The molecule has 0 bridgehead atoms. The van der Waals surface area contributed by atoms with Crippen LogP contribution in [-0.4, -0.2) is 24.0 Å². The molecule has 0 atom stereocenters. The van der Waals surface area contributed by atoms with Crippen molar-refractivity contribution in [2.75, 3.05) is 6.54 Å². The third-order valence-corrected chi connectivity index (χ3v) is 3.12. The molecular weight excluding hydrogens is 277 g/mol. The smallest absolute Gasteiger partial charge is 0.404 e. The van der Waals surface area contributed by atoms with E-state index >= 15 is 0 Å². The first-order chi connectivity index (χ1) is 8.54. The zero-order valence-electron chi connectivity index (χ0n) is 9.58. The summed E-state index contributed by atoms with van der Waals surface area (Å²) in [6, 6.07) is 3.22. The summed E-state index contributed by atoms with van der Waals surface area (Å²) in [5.74, 6) is 0. The summed E-state index contributed by atoms with van der Waals surface area (Å²) in [5, 5.41) is 11.6. The number of carbonyl (C=O) groups is 2. The lowest BCUT2D eigenvalue weighted by Gasteiger charge is -2.07. The predicted octanol–water partition coefficient (Wildman–Crippen LogP) is 3.40. The van der Waals surface area contributed by atoms with Gasteiger partial charge in [-0.1, -0.05) is 23.2 Å². The van der Waals surface area contributed by atoms with Crippen LogP contribution in [0.3, 0.4) is 0 Å². The normalized spacial score (nSPS) is 10.1. The Hall–Kier alpha value is -1.26. The number of amides is 1. The van der Waals surface area contributed by atoms with Crippen molar-refractivity contribution in [3.63, 3.8) is 0 Å². The van der Waals surface area contributed by atoms with Gasteiger partial charge in [-0.15, -0.1) is 0 Å². The van der Waals surface area contributed by atoms with Crippen LogP contribution in [0.15, 0.2) is 12.1 Å². The molecule has 1 aromatic carbocycles. The van der Waals surface area contributed by atoms with Gasteiger partial charge >= 0.3 is 6.09 Å². The molecule has 0 radical (unpaired) electrons. The maximum Gasteiger partial charge on any atom is 0.404 e. The van der Waals surface area contributed by atoms with Gasteiger partial charge in [0.2, 0.25) is 0 Å². The fraction of sp³-hybridized carbons (Fsp3) is 0.333. The second-order valence-electron chi connectivity index (χ2n) is 3.77. The molecule has 1 rings (SSSR count). The first-order valence-corrected chi connectivity index (χ1v) is 6.20. The van der Waals surface area contributed by atoms with Crippen LogP contribution in [0.4, 0.5) is 4.79 Å². The van der Waals surface area contributed by atoms with E-state index in [9.17, 15) is 9.59 Å². The molecule has 1 aromatic rings. The van der Waals surface area contributed by atoms with E-state index in [0.29, 0.717) is 34.9 Å². The highest BCUT2D eigenvalue weighted by Crippen LogP contribution is 2.25. The van der Waals surface area contributed by atoms with Crippen molar-refractivity contribution in [3.05, 3.63) is 33.3 Å². The second-order valence-corrected chi connectivity index (χ2v) is 4.59. The molecule has 4 nitrogen and oxygen atoms in total. The fourth-order valence-electron chi connectivity index (χ4n) is 1.52. The van der Waals surface area contributed by atoms with Crippen LogP contribution < -0.4 is 5.32 Å². The van der Waals surface area contributed by atoms with Gasteiger partial charge in [0.1, 0.15) is 0 Å².